The van der Waals surface area contributed by atoms with Crippen LogP contribution >= 0.6 is 24.0 Å². The molecule has 0 saturated carbocycles. The third kappa shape index (κ3) is 4.48. The Kier molecular flexibility index (Phi) is 7.09. The number of aliphatic imine (C=N–C) groups is 1. The van der Waals surface area contributed by atoms with Gasteiger partial charge in [-0.25, -0.2) is 4.79 Å². The summed E-state index contributed by atoms with van der Waals surface area (Å²) in [4.78, 5) is 30.0. The number of hydrogen-bond acceptors (Lipinski definition) is 3. The van der Waals surface area contributed by atoms with Crippen molar-refractivity contribution in [1.29, 1.82) is 0 Å². The molecule has 0 aliphatic carbocycles. The monoisotopic (exact) mass is 437 g/mol. The molecule has 2 heterocycles. The molecular weight excluding hydrogens is 409 g/mol. The van der Waals surface area contributed by atoms with Crippen molar-refractivity contribution in [3.05, 3.63) is 0 Å². The van der Waals surface area contributed by atoms with E-state index in [4.69, 9.17) is 0 Å². The third-order valence-corrected chi connectivity index (χ3v) is 4.56. The molecule has 2 aliphatic heterocycles. The molecule has 0 aromatic rings. The van der Waals surface area contributed by atoms with Crippen LogP contribution in [0, 0.1) is 11.8 Å². The predicted molar refractivity (Wildman–Crippen MR) is 101 cm³/mol. The van der Waals surface area contributed by atoms with E-state index in [9.17, 15) is 9.59 Å². The summed E-state index contributed by atoms with van der Waals surface area (Å²) in [6.45, 7) is 8.70. The third-order valence-electron chi connectivity index (χ3n) is 4.56. The number of likely N-dealkylation sites (tertiary alicyclic amines) is 1. The van der Waals surface area contributed by atoms with Gasteiger partial charge in [-0.15, -0.1) is 24.0 Å². The molecule has 3 N–H and O–H groups in total. The lowest BCUT2D eigenvalue weighted by Gasteiger charge is -2.39. The first-order valence-corrected chi connectivity index (χ1v) is 7.96. The highest BCUT2D eigenvalue weighted by Gasteiger charge is 2.48. The molecule has 7 nitrogen and oxygen atoms in total. The van der Waals surface area contributed by atoms with Crippen molar-refractivity contribution in [2.75, 3.05) is 26.7 Å². The van der Waals surface area contributed by atoms with Gasteiger partial charge in [-0.1, -0.05) is 13.8 Å². The second-order valence-electron chi connectivity index (χ2n) is 6.69. The van der Waals surface area contributed by atoms with Crippen LogP contribution in [-0.4, -0.2) is 55.0 Å². The molecule has 2 fully saturated rings. The number of amides is 3. The number of nitrogens with one attached hydrogen (secondary N) is 3. The Morgan fingerprint density at radius 1 is 1.39 bits per heavy atom. The van der Waals surface area contributed by atoms with E-state index < -0.39 is 5.54 Å². The highest BCUT2D eigenvalue weighted by molar-refractivity contribution is 14.0. The highest BCUT2D eigenvalue weighted by atomic mass is 127. The number of urea groups is 1. The molecule has 0 spiro atoms. The summed E-state index contributed by atoms with van der Waals surface area (Å²) in [5.74, 6) is 1.42. The molecule has 1 atom stereocenters. The summed E-state index contributed by atoms with van der Waals surface area (Å²) < 4.78 is 0. The smallest absolute Gasteiger partial charge is 0.322 e. The van der Waals surface area contributed by atoms with Gasteiger partial charge in [0.15, 0.2) is 5.96 Å². The molecule has 2 aliphatic rings. The summed E-state index contributed by atoms with van der Waals surface area (Å²) in [7, 11) is 1.79. The summed E-state index contributed by atoms with van der Waals surface area (Å²) in [5.41, 5.74) is -0.780. The average molecular weight is 437 g/mol. The predicted octanol–water partition coefficient (Wildman–Crippen LogP) is 1.15. The van der Waals surface area contributed by atoms with Crippen molar-refractivity contribution in [1.82, 2.24) is 20.9 Å². The molecule has 2 saturated heterocycles. The van der Waals surface area contributed by atoms with E-state index in [1.165, 1.54) is 0 Å². The van der Waals surface area contributed by atoms with Crippen molar-refractivity contribution in [2.24, 2.45) is 16.8 Å². The molecule has 0 aromatic heterocycles. The Morgan fingerprint density at radius 2 is 2.00 bits per heavy atom. The molecule has 0 aromatic carbocycles. The topological polar surface area (TPSA) is 85.8 Å². The largest absolute Gasteiger partial charge is 0.356 e. The van der Waals surface area contributed by atoms with Crippen LogP contribution in [0.2, 0.25) is 0 Å². The SMILES string of the molecule is CN=C(NCC(C)C)N1CCC(C2(C)NC(=O)NC2=O)CC1.I. The molecule has 23 heavy (non-hydrogen) atoms. The number of carbonyl (C=O) groups is 2. The first-order chi connectivity index (χ1) is 10.4. The second-order valence-corrected chi connectivity index (χ2v) is 6.69. The maximum absolute atomic E-state index is 12.0. The fourth-order valence-corrected chi connectivity index (χ4v) is 3.14. The zero-order valence-corrected chi connectivity index (χ0v) is 16.6. The van der Waals surface area contributed by atoms with Gasteiger partial charge in [-0.3, -0.25) is 15.1 Å². The Balaban J connectivity index is 0.00000264. The number of halogens is 1. The van der Waals surface area contributed by atoms with E-state index in [0.29, 0.717) is 5.92 Å². The van der Waals surface area contributed by atoms with Crippen LogP contribution < -0.4 is 16.0 Å². The Bertz CT molecular complexity index is 474. The molecule has 1 unspecified atom stereocenters. The van der Waals surface area contributed by atoms with Gasteiger partial charge >= 0.3 is 6.03 Å². The number of nitrogens with zero attached hydrogens (tertiary/aromatic N) is 2. The van der Waals surface area contributed by atoms with E-state index in [-0.39, 0.29) is 41.8 Å². The van der Waals surface area contributed by atoms with Crippen molar-refractivity contribution < 1.29 is 9.59 Å². The van der Waals surface area contributed by atoms with Crippen molar-refractivity contribution in [3.63, 3.8) is 0 Å². The lowest BCUT2D eigenvalue weighted by Crippen LogP contribution is -2.55. The van der Waals surface area contributed by atoms with E-state index >= 15 is 0 Å². The number of hydrogen-bond donors (Lipinski definition) is 3. The molecule has 0 radical (unpaired) electrons. The zero-order valence-electron chi connectivity index (χ0n) is 14.3. The van der Waals surface area contributed by atoms with Crippen molar-refractivity contribution >= 4 is 41.9 Å². The van der Waals surface area contributed by atoms with Crippen LogP contribution in [0.1, 0.15) is 33.6 Å². The Morgan fingerprint density at radius 3 is 2.43 bits per heavy atom. The van der Waals surface area contributed by atoms with Gasteiger partial charge in [0, 0.05) is 26.7 Å². The normalized spacial score (nSPS) is 26.0. The van der Waals surface area contributed by atoms with Gasteiger partial charge in [0.1, 0.15) is 5.54 Å². The molecular formula is C15H28IN5O2. The standard InChI is InChI=1S/C15H27N5O2.HI/c1-10(2)9-17-13(16-4)20-7-5-11(6-8-20)15(3)12(21)18-14(22)19-15;/h10-11H,5-9H2,1-4H3,(H,16,17)(H2,18,19,21,22);1H. The van der Waals surface area contributed by atoms with Gasteiger partial charge in [-0.05, 0) is 31.6 Å². The van der Waals surface area contributed by atoms with E-state index in [1.807, 2.05) is 6.92 Å². The minimum Gasteiger partial charge on any atom is -0.356 e. The lowest BCUT2D eigenvalue weighted by atomic mass is 9.79. The summed E-state index contributed by atoms with van der Waals surface area (Å²) >= 11 is 0. The van der Waals surface area contributed by atoms with Crippen LogP contribution in [-0.2, 0) is 4.79 Å². The van der Waals surface area contributed by atoms with Gasteiger partial charge in [0.25, 0.3) is 5.91 Å². The lowest BCUT2D eigenvalue weighted by molar-refractivity contribution is -0.125. The van der Waals surface area contributed by atoms with Gasteiger partial charge in [0.2, 0.25) is 0 Å². The van der Waals surface area contributed by atoms with E-state index in [1.54, 1.807) is 7.05 Å². The quantitative estimate of drug-likeness (QED) is 0.268. The first kappa shape index (κ1) is 20.0. The number of carbonyl (C=O) groups excluding carboxylic acids is 2. The highest BCUT2D eigenvalue weighted by Crippen LogP contribution is 2.30. The maximum atomic E-state index is 12.0. The fourth-order valence-electron chi connectivity index (χ4n) is 3.14. The Hall–Kier alpha value is -1.06. The number of rotatable bonds is 3. The van der Waals surface area contributed by atoms with Crippen LogP contribution in [0.15, 0.2) is 4.99 Å². The number of imide groups is 1. The molecule has 2 rings (SSSR count). The maximum Gasteiger partial charge on any atom is 0.322 e. The first-order valence-electron chi connectivity index (χ1n) is 7.96. The minimum absolute atomic E-state index is 0. The summed E-state index contributed by atoms with van der Waals surface area (Å²) in [5, 5.41) is 8.50. The molecule has 0 bridgehead atoms. The van der Waals surface area contributed by atoms with Gasteiger partial charge in [0.05, 0.1) is 0 Å². The van der Waals surface area contributed by atoms with Crippen molar-refractivity contribution in [3.8, 4) is 0 Å². The zero-order chi connectivity index (χ0) is 16.3. The fraction of sp³-hybridized carbons (Fsp3) is 0.800. The summed E-state index contributed by atoms with van der Waals surface area (Å²) in [6, 6.07) is -0.385. The average Bonchev–Trinajstić information content (AvgIpc) is 2.74. The van der Waals surface area contributed by atoms with Crippen LogP contribution in [0.5, 0.6) is 0 Å². The number of guanidine groups is 1. The molecule has 8 heteroatoms. The number of piperidine rings is 1. The van der Waals surface area contributed by atoms with Crippen LogP contribution in [0.4, 0.5) is 4.79 Å². The van der Waals surface area contributed by atoms with Crippen LogP contribution in [0.3, 0.4) is 0 Å². The van der Waals surface area contributed by atoms with Gasteiger partial charge < -0.3 is 15.5 Å². The van der Waals surface area contributed by atoms with E-state index in [0.717, 1.165) is 38.4 Å². The minimum atomic E-state index is -0.780. The molecule has 3 amide bonds. The molecule has 132 valence electrons. The Labute approximate surface area is 155 Å². The van der Waals surface area contributed by atoms with Crippen molar-refractivity contribution in [2.45, 2.75) is 39.2 Å². The van der Waals surface area contributed by atoms with Crippen LogP contribution in [0.25, 0.3) is 0 Å². The second kappa shape index (κ2) is 8.16. The van der Waals surface area contributed by atoms with Gasteiger partial charge in [-0.2, -0.15) is 0 Å². The summed E-state index contributed by atoms with van der Waals surface area (Å²) in [6.07, 6.45) is 1.71. The van der Waals surface area contributed by atoms with E-state index in [2.05, 4.69) is 39.7 Å².